The predicted molar refractivity (Wildman–Crippen MR) is 187 cm³/mol. The van der Waals surface area contributed by atoms with Crippen LogP contribution in [0, 0.1) is 0 Å². The SMILES string of the molecule is COc1ccc(COCC[C@@H]2OC(C)(C)O[C@H]2C(=O)/C=C/C/C(C)=C\CO[Si](c2ccccc2)(c2ccccc2)C(C)(C)C)cc1. The highest BCUT2D eigenvalue weighted by atomic mass is 28.4. The normalized spacial score (nSPS) is 18.6. The second-order valence-corrected chi connectivity index (χ2v) is 17.6. The molecule has 2 atom stereocenters. The molecule has 0 aromatic heterocycles. The van der Waals surface area contributed by atoms with Gasteiger partial charge >= 0.3 is 0 Å². The van der Waals surface area contributed by atoms with Crippen LogP contribution in [0.15, 0.2) is 109 Å². The minimum absolute atomic E-state index is 0.0852. The van der Waals surface area contributed by atoms with Gasteiger partial charge in [-0.15, -0.1) is 0 Å². The zero-order valence-corrected chi connectivity index (χ0v) is 29.5. The van der Waals surface area contributed by atoms with E-state index in [0.717, 1.165) is 16.9 Å². The van der Waals surface area contributed by atoms with Crippen molar-refractivity contribution in [2.75, 3.05) is 20.3 Å². The molecular formula is C39H50O6Si. The minimum atomic E-state index is -2.60. The first-order valence-electron chi connectivity index (χ1n) is 16.1. The molecule has 1 aliphatic heterocycles. The third-order valence-electron chi connectivity index (χ3n) is 8.31. The zero-order valence-electron chi connectivity index (χ0n) is 28.5. The summed E-state index contributed by atoms with van der Waals surface area (Å²) < 4.78 is 30.2. The molecule has 0 radical (unpaired) electrons. The molecule has 0 saturated carbocycles. The highest BCUT2D eigenvalue weighted by Crippen LogP contribution is 2.37. The van der Waals surface area contributed by atoms with Gasteiger partial charge in [0.1, 0.15) is 11.9 Å². The van der Waals surface area contributed by atoms with E-state index in [0.29, 0.717) is 32.7 Å². The summed E-state index contributed by atoms with van der Waals surface area (Å²) in [7, 11) is -0.957. The number of allylic oxidation sites excluding steroid dienone is 2. The van der Waals surface area contributed by atoms with E-state index in [1.165, 1.54) is 10.4 Å². The third-order valence-corrected chi connectivity index (χ3v) is 13.3. The van der Waals surface area contributed by atoms with Crippen LogP contribution in [0.3, 0.4) is 0 Å². The van der Waals surface area contributed by atoms with Crippen molar-refractivity contribution < 1.29 is 28.2 Å². The fraction of sp³-hybridized carbons (Fsp3) is 0.410. The topological polar surface area (TPSA) is 63.2 Å². The summed E-state index contributed by atoms with van der Waals surface area (Å²) >= 11 is 0. The average Bonchev–Trinajstić information content (AvgIpc) is 3.36. The maximum absolute atomic E-state index is 13.2. The summed E-state index contributed by atoms with van der Waals surface area (Å²) in [5.41, 5.74) is 2.19. The lowest BCUT2D eigenvalue weighted by Crippen LogP contribution is -2.66. The number of carbonyl (C=O) groups is 1. The fourth-order valence-corrected chi connectivity index (χ4v) is 10.5. The molecule has 46 heavy (non-hydrogen) atoms. The molecule has 3 aromatic rings. The van der Waals surface area contributed by atoms with Crippen molar-refractivity contribution in [3.05, 3.63) is 114 Å². The molecule has 3 aromatic carbocycles. The number of carbonyl (C=O) groups excluding carboxylic acids is 1. The first kappa shape index (κ1) is 35.5. The second kappa shape index (κ2) is 16.0. The molecule has 0 aliphatic carbocycles. The molecule has 6 nitrogen and oxygen atoms in total. The number of hydrogen-bond donors (Lipinski definition) is 0. The Labute approximate surface area is 276 Å². The van der Waals surface area contributed by atoms with Crippen LogP contribution in [-0.2, 0) is 30.0 Å². The van der Waals surface area contributed by atoms with Gasteiger partial charge in [-0.1, -0.05) is 111 Å². The lowest BCUT2D eigenvalue weighted by molar-refractivity contribution is -0.153. The maximum Gasteiger partial charge on any atom is 0.261 e. The smallest absolute Gasteiger partial charge is 0.261 e. The van der Waals surface area contributed by atoms with E-state index in [4.69, 9.17) is 23.4 Å². The van der Waals surface area contributed by atoms with Gasteiger partial charge in [0.05, 0.1) is 26.4 Å². The molecule has 1 fully saturated rings. The Morgan fingerprint density at radius 3 is 2.09 bits per heavy atom. The lowest BCUT2D eigenvalue weighted by atomic mass is 10.1. The summed E-state index contributed by atoms with van der Waals surface area (Å²) in [6.45, 7) is 14.0. The lowest BCUT2D eigenvalue weighted by Gasteiger charge is -2.42. The van der Waals surface area contributed by atoms with E-state index in [2.05, 4.69) is 94.4 Å². The molecule has 7 heteroatoms. The Kier molecular flexibility index (Phi) is 12.3. The van der Waals surface area contributed by atoms with Gasteiger partial charge in [-0.3, -0.25) is 4.79 Å². The Balaban J connectivity index is 1.34. The Hall–Kier alpha value is -3.33. The monoisotopic (exact) mass is 642 g/mol. The van der Waals surface area contributed by atoms with Crippen molar-refractivity contribution in [2.45, 2.75) is 84.0 Å². The van der Waals surface area contributed by atoms with Crippen molar-refractivity contribution in [1.29, 1.82) is 0 Å². The van der Waals surface area contributed by atoms with Gasteiger partial charge in [0.25, 0.3) is 8.32 Å². The van der Waals surface area contributed by atoms with Crippen LogP contribution in [0.25, 0.3) is 0 Å². The first-order valence-corrected chi connectivity index (χ1v) is 18.0. The van der Waals surface area contributed by atoms with Gasteiger partial charge in [0.2, 0.25) is 0 Å². The number of hydrogen-bond acceptors (Lipinski definition) is 6. The maximum atomic E-state index is 13.2. The number of ketones is 1. The van der Waals surface area contributed by atoms with Gasteiger partial charge < -0.3 is 23.4 Å². The van der Waals surface area contributed by atoms with Gasteiger partial charge in [0.15, 0.2) is 11.6 Å². The predicted octanol–water partition coefficient (Wildman–Crippen LogP) is 7.16. The van der Waals surface area contributed by atoms with Crippen LogP contribution in [-0.4, -0.2) is 52.4 Å². The number of rotatable bonds is 15. The van der Waals surface area contributed by atoms with Crippen LogP contribution in [0.5, 0.6) is 5.75 Å². The fourth-order valence-electron chi connectivity index (χ4n) is 6.01. The Morgan fingerprint density at radius 2 is 1.52 bits per heavy atom. The molecule has 246 valence electrons. The summed E-state index contributed by atoms with van der Waals surface area (Å²) in [5.74, 6) is -0.114. The van der Waals surface area contributed by atoms with Crippen molar-refractivity contribution in [1.82, 2.24) is 0 Å². The van der Waals surface area contributed by atoms with E-state index in [1.807, 2.05) is 44.2 Å². The van der Waals surface area contributed by atoms with Gasteiger partial charge in [-0.25, -0.2) is 0 Å². The van der Waals surface area contributed by atoms with Crippen LogP contribution in [0.4, 0.5) is 0 Å². The highest BCUT2D eigenvalue weighted by Gasteiger charge is 2.50. The van der Waals surface area contributed by atoms with Crippen LogP contribution in [0.1, 0.15) is 59.9 Å². The van der Waals surface area contributed by atoms with Crippen LogP contribution < -0.4 is 15.1 Å². The Bertz CT molecular complexity index is 1400. The molecule has 0 N–H and O–H groups in total. The van der Waals surface area contributed by atoms with E-state index in [-0.39, 0.29) is 16.9 Å². The van der Waals surface area contributed by atoms with Gasteiger partial charge in [-0.2, -0.15) is 0 Å². The standard InChI is InChI=1S/C39H50O6Si/c1-30(25-28-43-46(38(2,3)4,33-16-10-8-11-17-33)34-18-12-9-13-19-34)15-14-20-35(40)37-36(44-39(5,6)45-37)26-27-42-29-31-21-23-32(41-7)24-22-31/h8-14,16-25,36-37H,15,26-29H2,1-7H3/b20-14+,30-25-/t36-,37-/m0/s1. The number of methoxy groups -OCH3 is 1. The van der Waals surface area contributed by atoms with E-state index in [9.17, 15) is 4.79 Å². The molecular weight excluding hydrogens is 593 g/mol. The summed E-state index contributed by atoms with van der Waals surface area (Å²) in [6.07, 6.45) is 5.82. The zero-order chi connectivity index (χ0) is 33.2. The molecule has 0 unspecified atom stereocenters. The molecule has 0 bridgehead atoms. The molecule has 1 heterocycles. The second-order valence-electron chi connectivity index (χ2n) is 13.3. The van der Waals surface area contributed by atoms with Crippen molar-refractivity contribution in [2.24, 2.45) is 0 Å². The van der Waals surface area contributed by atoms with E-state index >= 15 is 0 Å². The van der Waals surface area contributed by atoms with Gasteiger partial charge in [0, 0.05) is 13.0 Å². The van der Waals surface area contributed by atoms with E-state index < -0.39 is 20.2 Å². The van der Waals surface area contributed by atoms with Crippen molar-refractivity contribution in [3.8, 4) is 5.75 Å². The van der Waals surface area contributed by atoms with Crippen LogP contribution >= 0.6 is 0 Å². The largest absolute Gasteiger partial charge is 0.497 e. The third kappa shape index (κ3) is 9.14. The summed E-state index contributed by atoms with van der Waals surface area (Å²) in [5, 5.41) is 2.43. The first-order chi connectivity index (χ1) is 21.9. The highest BCUT2D eigenvalue weighted by molar-refractivity contribution is 6.99. The Morgan fingerprint density at radius 1 is 0.913 bits per heavy atom. The van der Waals surface area contributed by atoms with Crippen LogP contribution in [0.2, 0.25) is 5.04 Å². The molecule has 0 spiro atoms. The quantitative estimate of drug-likeness (QED) is 0.0759. The summed E-state index contributed by atoms with van der Waals surface area (Å²) in [6, 6.07) is 29.1. The van der Waals surface area contributed by atoms with Gasteiger partial charge in [-0.05, 0) is 66.4 Å². The van der Waals surface area contributed by atoms with Crippen molar-refractivity contribution in [3.63, 3.8) is 0 Å². The molecule has 0 amide bonds. The van der Waals surface area contributed by atoms with E-state index in [1.54, 1.807) is 13.2 Å². The van der Waals surface area contributed by atoms with Crippen molar-refractivity contribution >= 4 is 24.5 Å². The molecule has 4 rings (SSSR count). The average molecular weight is 643 g/mol. The summed E-state index contributed by atoms with van der Waals surface area (Å²) in [4.78, 5) is 13.2. The molecule has 1 aliphatic rings. The number of benzene rings is 3. The minimum Gasteiger partial charge on any atom is -0.497 e. The number of ether oxygens (including phenoxy) is 4. The molecule has 1 saturated heterocycles.